The Hall–Kier alpha value is -1.12. The minimum atomic E-state index is -0.786. The lowest BCUT2D eigenvalue weighted by Gasteiger charge is -2.32. The number of esters is 1. The molecule has 1 atom stereocenters. The van der Waals surface area contributed by atoms with E-state index >= 15 is 0 Å². The second-order valence-electron chi connectivity index (χ2n) is 3.87. The Morgan fingerprint density at radius 3 is 2.79 bits per heavy atom. The van der Waals surface area contributed by atoms with Crippen molar-refractivity contribution in [2.45, 2.75) is 33.1 Å². The summed E-state index contributed by atoms with van der Waals surface area (Å²) < 4.78 is 4.95. The van der Waals surface area contributed by atoms with Crippen molar-refractivity contribution in [2.75, 3.05) is 6.61 Å². The van der Waals surface area contributed by atoms with Gasteiger partial charge in [0, 0.05) is 12.8 Å². The van der Waals surface area contributed by atoms with Gasteiger partial charge in [0.1, 0.15) is 5.78 Å². The highest BCUT2D eigenvalue weighted by molar-refractivity contribution is 5.91. The molecular weight excluding hydrogens is 180 g/mol. The summed E-state index contributed by atoms with van der Waals surface area (Å²) in [6, 6.07) is 0. The molecule has 14 heavy (non-hydrogen) atoms. The average Bonchev–Trinajstić information content (AvgIpc) is 2.12. The molecule has 0 aromatic carbocycles. The van der Waals surface area contributed by atoms with Crippen LogP contribution in [0.5, 0.6) is 0 Å². The summed E-state index contributed by atoms with van der Waals surface area (Å²) in [5, 5.41) is 0. The van der Waals surface area contributed by atoms with E-state index in [9.17, 15) is 9.59 Å². The number of rotatable bonds is 2. The quantitative estimate of drug-likeness (QED) is 0.500. The van der Waals surface area contributed by atoms with Crippen molar-refractivity contribution >= 4 is 11.8 Å². The zero-order valence-corrected chi connectivity index (χ0v) is 8.76. The lowest BCUT2D eigenvalue weighted by Crippen LogP contribution is -2.37. The zero-order chi connectivity index (χ0) is 10.8. The molecule has 0 saturated heterocycles. The van der Waals surface area contributed by atoms with Gasteiger partial charge in [-0.15, -0.1) is 0 Å². The molecule has 1 fully saturated rings. The molecule has 0 aromatic heterocycles. The number of ketones is 1. The summed E-state index contributed by atoms with van der Waals surface area (Å²) in [4.78, 5) is 22.9. The van der Waals surface area contributed by atoms with Crippen molar-refractivity contribution in [1.82, 2.24) is 0 Å². The standard InChI is InChI=1S/C11H16O3/c1-4-14-10(13)11(3)7-9(12)6-5-8(11)2/h2,4-7H2,1,3H3. The van der Waals surface area contributed by atoms with Gasteiger partial charge >= 0.3 is 5.97 Å². The Morgan fingerprint density at radius 1 is 1.57 bits per heavy atom. The van der Waals surface area contributed by atoms with Crippen LogP contribution in [-0.4, -0.2) is 18.4 Å². The van der Waals surface area contributed by atoms with E-state index in [0.717, 1.165) is 5.57 Å². The highest BCUT2D eigenvalue weighted by Crippen LogP contribution is 2.38. The van der Waals surface area contributed by atoms with E-state index < -0.39 is 5.41 Å². The van der Waals surface area contributed by atoms with Gasteiger partial charge in [-0.1, -0.05) is 12.2 Å². The summed E-state index contributed by atoms with van der Waals surface area (Å²) in [5.41, 5.74) is 0.0290. The van der Waals surface area contributed by atoms with Crippen LogP contribution in [0.25, 0.3) is 0 Å². The number of ether oxygens (including phenoxy) is 1. The molecule has 1 aliphatic carbocycles. The molecule has 0 aromatic rings. The van der Waals surface area contributed by atoms with Gasteiger partial charge in [0.05, 0.1) is 12.0 Å². The first-order valence-corrected chi connectivity index (χ1v) is 4.88. The predicted molar refractivity (Wildman–Crippen MR) is 52.7 cm³/mol. The smallest absolute Gasteiger partial charge is 0.316 e. The minimum Gasteiger partial charge on any atom is -0.465 e. The fraction of sp³-hybridized carbons (Fsp3) is 0.636. The first-order valence-electron chi connectivity index (χ1n) is 4.88. The SMILES string of the molecule is C=C1CCC(=O)CC1(C)C(=O)OCC. The van der Waals surface area contributed by atoms with Crippen LogP contribution in [0.15, 0.2) is 12.2 Å². The van der Waals surface area contributed by atoms with Crippen molar-refractivity contribution in [3.05, 3.63) is 12.2 Å². The third-order valence-electron chi connectivity index (χ3n) is 2.76. The van der Waals surface area contributed by atoms with Crippen molar-refractivity contribution < 1.29 is 14.3 Å². The third kappa shape index (κ3) is 1.86. The summed E-state index contributed by atoms with van der Waals surface area (Å²) in [6.07, 6.45) is 1.35. The first-order chi connectivity index (χ1) is 6.50. The zero-order valence-electron chi connectivity index (χ0n) is 8.76. The van der Waals surface area contributed by atoms with E-state index in [4.69, 9.17) is 4.74 Å². The summed E-state index contributed by atoms with van der Waals surface area (Å²) in [5.74, 6) is -0.203. The average molecular weight is 196 g/mol. The maximum Gasteiger partial charge on any atom is 0.316 e. The van der Waals surface area contributed by atoms with E-state index in [1.165, 1.54) is 0 Å². The molecule has 1 saturated carbocycles. The Morgan fingerprint density at radius 2 is 2.21 bits per heavy atom. The third-order valence-corrected chi connectivity index (χ3v) is 2.76. The van der Waals surface area contributed by atoms with Crippen LogP contribution in [-0.2, 0) is 14.3 Å². The van der Waals surface area contributed by atoms with Crippen LogP contribution in [0.3, 0.4) is 0 Å². The van der Waals surface area contributed by atoms with Gasteiger partial charge in [0.25, 0.3) is 0 Å². The van der Waals surface area contributed by atoms with Crippen molar-refractivity contribution in [3.8, 4) is 0 Å². The second-order valence-corrected chi connectivity index (χ2v) is 3.87. The van der Waals surface area contributed by atoms with E-state index in [1.807, 2.05) is 0 Å². The molecule has 3 nitrogen and oxygen atoms in total. The van der Waals surface area contributed by atoms with Gasteiger partial charge in [0.2, 0.25) is 0 Å². The fourth-order valence-corrected chi connectivity index (χ4v) is 1.68. The van der Waals surface area contributed by atoms with Crippen molar-refractivity contribution in [2.24, 2.45) is 5.41 Å². The van der Waals surface area contributed by atoms with E-state index in [0.29, 0.717) is 19.4 Å². The maximum atomic E-state index is 11.6. The number of Topliss-reactive ketones (excluding diaryl/α,β-unsaturated/α-hetero) is 1. The van der Waals surface area contributed by atoms with E-state index in [1.54, 1.807) is 13.8 Å². The minimum absolute atomic E-state index is 0.118. The van der Waals surface area contributed by atoms with Crippen LogP contribution < -0.4 is 0 Å². The predicted octanol–water partition coefficient (Wildman–Crippen LogP) is 1.86. The van der Waals surface area contributed by atoms with Crippen LogP contribution in [0.4, 0.5) is 0 Å². The van der Waals surface area contributed by atoms with Crippen molar-refractivity contribution in [3.63, 3.8) is 0 Å². The molecule has 1 unspecified atom stereocenters. The molecule has 0 heterocycles. The molecule has 0 N–H and O–H groups in total. The molecule has 78 valence electrons. The van der Waals surface area contributed by atoms with Gasteiger partial charge < -0.3 is 4.74 Å². The number of hydrogen-bond donors (Lipinski definition) is 0. The summed E-state index contributed by atoms with van der Waals surface area (Å²) in [6.45, 7) is 7.69. The molecule has 0 aliphatic heterocycles. The van der Waals surface area contributed by atoms with E-state index in [-0.39, 0.29) is 18.2 Å². The second kappa shape index (κ2) is 3.95. The van der Waals surface area contributed by atoms with Crippen molar-refractivity contribution in [1.29, 1.82) is 0 Å². The van der Waals surface area contributed by atoms with Crippen LogP contribution >= 0.6 is 0 Å². The Balaban J connectivity index is 2.83. The van der Waals surface area contributed by atoms with E-state index in [2.05, 4.69) is 6.58 Å². The van der Waals surface area contributed by atoms with Crippen LogP contribution in [0.1, 0.15) is 33.1 Å². The van der Waals surface area contributed by atoms with Crippen LogP contribution in [0, 0.1) is 5.41 Å². The first kappa shape index (κ1) is 11.0. The van der Waals surface area contributed by atoms with Gasteiger partial charge in [-0.3, -0.25) is 9.59 Å². The highest BCUT2D eigenvalue weighted by Gasteiger charge is 2.42. The Bertz CT molecular complexity index is 280. The molecular formula is C11H16O3. The lowest BCUT2D eigenvalue weighted by atomic mass is 9.72. The molecule has 1 rings (SSSR count). The maximum absolute atomic E-state index is 11.6. The van der Waals surface area contributed by atoms with Gasteiger partial charge in [0.15, 0.2) is 0 Å². The number of hydrogen-bond acceptors (Lipinski definition) is 3. The number of carbonyl (C=O) groups is 2. The van der Waals surface area contributed by atoms with Gasteiger partial charge in [-0.25, -0.2) is 0 Å². The Kier molecular flexibility index (Phi) is 3.09. The molecule has 0 bridgehead atoms. The lowest BCUT2D eigenvalue weighted by molar-refractivity contribution is -0.155. The number of carbonyl (C=O) groups excluding carboxylic acids is 2. The Labute approximate surface area is 84.1 Å². The summed E-state index contributed by atoms with van der Waals surface area (Å²) in [7, 11) is 0. The summed E-state index contributed by atoms with van der Waals surface area (Å²) >= 11 is 0. The van der Waals surface area contributed by atoms with Crippen LogP contribution in [0.2, 0.25) is 0 Å². The molecule has 0 amide bonds. The largest absolute Gasteiger partial charge is 0.465 e. The molecule has 0 spiro atoms. The topological polar surface area (TPSA) is 43.4 Å². The fourth-order valence-electron chi connectivity index (χ4n) is 1.68. The normalized spacial score (nSPS) is 27.6. The molecule has 3 heteroatoms. The monoisotopic (exact) mass is 196 g/mol. The van der Waals surface area contributed by atoms with Gasteiger partial charge in [-0.2, -0.15) is 0 Å². The molecule has 1 aliphatic rings. The molecule has 0 radical (unpaired) electrons. The highest BCUT2D eigenvalue weighted by atomic mass is 16.5. The van der Waals surface area contributed by atoms with Gasteiger partial charge in [-0.05, 0) is 20.3 Å².